The van der Waals surface area contributed by atoms with Gasteiger partial charge < -0.3 is 5.32 Å². The molecule has 1 fully saturated rings. The van der Waals surface area contributed by atoms with Crippen LogP contribution in [0.1, 0.15) is 43.7 Å². The van der Waals surface area contributed by atoms with Crippen molar-refractivity contribution in [2.45, 2.75) is 51.7 Å². The second-order valence-electron chi connectivity index (χ2n) is 6.19. The highest BCUT2D eigenvalue weighted by Gasteiger charge is 2.32. The van der Waals surface area contributed by atoms with E-state index in [-0.39, 0.29) is 17.1 Å². The Balaban J connectivity index is 1.67. The molecule has 1 aromatic rings. The van der Waals surface area contributed by atoms with Gasteiger partial charge in [-0.15, -0.1) is 0 Å². The van der Waals surface area contributed by atoms with Gasteiger partial charge in [0.2, 0.25) is 11.8 Å². The van der Waals surface area contributed by atoms with Crippen LogP contribution in [0, 0.1) is 13.8 Å². The fraction of sp³-hybridized carbons (Fsp3) is 0.500. The standard InChI is InChI=1S/C18H24N2O2S2/c1-12-8-9-13(2)15(11-12)19-16(21)7-5-4-6-10-20-17(22)14(3)24-18(20)23/h8-9,11,14H,4-7,10H2,1-3H3,(H,19,21). The van der Waals surface area contributed by atoms with Crippen LogP contribution in [0.15, 0.2) is 18.2 Å². The fourth-order valence-corrected chi connectivity index (χ4v) is 4.04. The Labute approximate surface area is 153 Å². The van der Waals surface area contributed by atoms with Crippen molar-refractivity contribution in [3.05, 3.63) is 29.3 Å². The van der Waals surface area contributed by atoms with Gasteiger partial charge in [-0.05, 0) is 50.8 Å². The molecule has 0 aromatic heterocycles. The molecule has 1 aromatic carbocycles. The zero-order valence-electron chi connectivity index (χ0n) is 14.4. The molecule has 0 saturated carbocycles. The number of hydrogen-bond acceptors (Lipinski definition) is 4. The minimum atomic E-state index is -0.0548. The number of benzene rings is 1. The Morgan fingerprint density at radius 1 is 1.29 bits per heavy atom. The van der Waals surface area contributed by atoms with Gasteiger partial charge in [-0.2, -0.15) is 0 Å². The number of hydrogen-bond donors (Lipinski definition) is 1. The number of nitrogens with one attached hydrogen (secondary N) is 1. The molecule has 1 heterocycles. The summed E-state index contributed by atoms with van der Waals surface area (Å²) < 4.78 is 0.681. The van der Waals surface area contributed by atoms with Crippen LogP contribution < -0.4 is 5.32 Å². The van der Waals surface area contributed by atoms with Crippen LogP contribution in [-0.4, -0.2) is 32.8 Å². The summed E-state index contributed by atoms with van der Waals surface area (Å²) in [4.78, 5) is 25.6. The summed E-state index contributed by atoms with van der Waals surface area (Å²) >= 11 is 6.67. The van der Waals surface area contributed by atoms with Gasteiger partial charge in [0.1, 0.15) is 4.32 Å². The largest absolute Gasteiger partial charge is 0.326 e. The summed E-state index contributed by atoms with van der Waals surface area (Å²) in [5.41, 5.74) is 3.09. The van der Waals surface area contributed by atoms with E-state index in [1.807, 2.05) is 39.0 Å². The summed E-state index contributed by atoms with van der Waals surface area (Å²) in [6.45, 7) is 6.55. The van der Waals surface area contributed by atoms with Crippen LogP contribution >= 0.6 is 24.0 Å². The Hall–Kier alpha value is -1.40. The number of aryl methyl sites for hydroxylation is 2. The lowest BCUT2D eigenvalue weighted by Gasteiger charge is -2.14. The van der Waals surface area contributed by atoms with Crippen LogP contribution in [0.3, 0.4) is 0 Å². The fourth-order valence-electron chi connectivity index (χ4n) is 2.59. The smallest absolute Gasteiger partial charge is 0.241 e. The number of thioether (sulfide) groups is 1. The van der Waals surface area contributed by atoms with E-state index in [2.05, 4.69) is 5.32 Å². The Kier molecular flexibility index (Phi) is 6.80. The van der Waals surface area contributed by atoms with E-state index in [9.17, 15) is 9.59 Å². The minimum Gasteiger partial charge on any atom is -0.326 e. The number of rotatable bonds is 7. The first-order valence-corrected chi connectivity index (χ1v) is 9.56. The lowest BCUT2D eigenvalue weighted by atomic mass is 10.1. The summed E-state index contributed by atoms with van der Waals surface area (Å²) in [5.74, 6) is 0.151. The molecule has 4 nitrogen and oxygen atoms in total. The van der Waals surface area contributed by atoms with Crippen molar-refractivity contribution in [1.29, 1.82) is 0 Å². The molecule has 2 amide bonds. The normalized spacial score (nSPS) is 17.5. The molecule has 0 bridgehead atoms. The number of thiocarbonyl (C=S) groups is 1. The van der Waals surface area contributed by atoms with Crippen molar-refractivity contribution in [3.63, 3.8) is 0 Å². The monoisotopic (exact) mass is 364 g/mol. The molecule has 1 aliphatic rings. The summed E-state index contributed by atoms with van der Waals surface area (Å²) in [6.07, 6.45) is 3.09. The quantitative estimate of drug-likeness (QED) is 0.586. The molecule has 24 heavy (non-hydrogen) atoms. The summed E-state index contributed by atoms with van der Waals surface area (Å²) in [5, 5.41) is 2.92. The van der Waals surface area contributed by atoms with E-state index in [4.69, 9.17) is 12.2 Å². The number of unbranched alkanes of at least 4 members (excludes halogenated alkanes) is 2. The molecular formula is C18H24N2O2S2. The first-order valence-electron chi connectivity index (χ1n) is 8.27. The SMILES string of the molecule is Cc1ccc(C)c(NC(=O)CCCCCN2C(=O)C(C)SC2=S)c1. The maximum absolute atomic E-state index is 12.0. The Morgan fingerprint density at radius 2 is 2.04 bits per heavy atom. The maximum atomic E-state index is 12.0. The van der Waals surface area contributed by atoms with Crippen molar-refractivity contribution in [2.24, 2.45) is 0 Å². The molecule has 1 aliphatic heterocycles. The molecule has 1 saturated heterocycles. The van der Waals surface area contributed by atoms with Crippen molar-refractivity contribution in [1.82, 2.24) is 4.90 Å². The number of amides is 2. The summed E-state index contributed by atoms with van der Waals surface area (Å²) in [6, 6.07) is 6.04. The molecule has 0 aliphatic carbocycles. The number of anilines is 1. The van der Waals surface area contributed by atoms with Crippen molar-refractivity contribution >= 4 is 45.8 Å². The lowest BCUT2D eigenvalue weighted by Crippen LogP contribution is -2.31. The van der Waals surface area contributed by atoms with Gasteiger partial charge in [0.05, 0.1) is 5.25 Å². The van der Waals surface area contributed by atoms with E-state index >= 15 is 0 Å². The van der Waals surface area contributed by atoms with E-state index in [0.717, 1.165) is 36.1 Å². The van der Waals surface area contributed by atoms with Gasteiger partial charge in [0.25, 0.3) is 0 Å². The topological polar surface area (TPSA) is 49.4 Å². The predicted molar refractivity (Wildman–Crippen MR) is 104 cm³/mol. The highest BCUT2D eigenvalue weighted by Crippen LogP contribution is 2.27. The van der Waals surface area contributed by atoms with Crippen LogP contribution in [-0.2, 0) is 9.59 Å². The van der Waals surface area contributed by atoms with Crippen molar-refractivity contribution < 1.29 is 9.59 Å². The van der Waals surface area contributed by atoms with E-state index < -0.39 is 0 Å². The van der Waals surface area contributed by atoms with E-state index in [1.54, 1.807) is 4.90 Å². The molecule has 1 N–H and O–H groups in total. The highest BCUT2D eigenvalue weighted by atomic mass is 32.2. The molecular weight excluding hydrogens is 340 g/mol. The summed E-state index contributed by atoms with van der Waals surface area (Å²) in [7, 11) is 0. The van der Waals surface area contributed by atoms with Crippen molar-refractivity contribution in [3.8, 4) is 0 Å². The molecule has 2 rings (SSSR count). The van der Waals surface area contributed by atoms with Gasteiger partial charge >= 0.3 is 0 Å². The maximum Gasteiger partial charge on any atom is 0.241 e. The van der Waals surface area contributed by atoms with Gasteiger partial charge in [-0.1, -0.05) is 42.5 Å². The van der Waals surface area contributed by atoms with E-state index in [0.29, 0.717) is 17.3 Å². The average molecular weight is 365 g/mol. The zero-order valence-corrected chi connectivity index (χ0v) is 16.1. The number of nitrogens with zero attached hydrogens (tertiary/aromatic N) is 1. The zero-order chi connectivity index (χ0) is 17.7. The average Bonchev–Trinajstić information content (AvgIpc) is 2.76. The third-order valence-corrected chi connectivity index (χ3v) is 5.55. The predicted octanol–water partition coefficient (Wildman–Crippen LogP) is 4.05. The third kappa shape index (κ3) is 5.05. The molecule has 130 valence electrons. The molecule has 1 atom stereocenters. The van der Waals surface area contributed by atoms with Crippen LogP contribution in [0.2, 0.25) is 0 Å². The lowest BCUT2D eigenvalue weighted by molar-refractivity contribution is -0.125. The Bertz CT molecular complexity index is 646. The van der Waals surface area contributed by atoms with Crippen LogP contribution in [0.25, 0.3) is 0 Å². The van der Waals surface area contributed by atoms with Crippen molar-refractivity contribution in [2.75, 3.05) is 11.9 Å². The van der Waals surface area contributed by atoms with Crippen LogP contribution in [0.5, 0.6) is 0 Å². The number of carbonyl (C=O) groups is 2. The Morgan fingerprint density at radius 3 is 2.71 bits per heavy atom. The third-order valence-electron chi connectivity index (χ3n) is 4.06. The second-order valence-corrected chi connectivity index (χ2v) is 8.17. The number of carbonyl (C=O) groups excluding carboxylic acids is 2. The molecule has 0 radical (unpaired) electrons. The van der Waals surface area contributed by atoms with Gasteiger partial charge in [0, 0.05) is 18.7 Å². The van der Waals surface area contributed by atoms with Gasteiger partial charge in [-0.25, -0.2) is 0 Å². The van der Waals surface area contributed by atoms with E-state index in [1.165, 1.54) is 11.8 Å². The van der Waals surface area contributed by atoms with Gasteiger partial charge in [-0.3, -0.25) is 14.5 Å². The highest BCUT2D eigenvalue weighted by molar-refractivity contribution is 8.24. The second kappa shape index (κ2) is 8.62. The molecule has 0 spiro atoms. The minimum absolute atomic E-state index is 0.0423. The first-order chi connectivity index (χ1) is 11.4. The van der Waals surface area contributed by atoms with Crippen LogP contribution in [0.4, 0.5) is 5.69 Å². The first kappa shape index (κ1) is 18.9. The molecule has 1 unspecified atom stereocenters. The van der Waals surface area contributed by atoms with Gasteiger partial charge in [0.15, 0.2) is 0 Å². The molecule has 6 heteroatoms.